The number of benzene rings is 1. The van der Waals surface area contributed by atoms with E-state index in [4.69, 9.17) is 56.1 Å². The maximum atomic E-state index is 14.0. The van der Waals surface area contributed by atoms with Gasteiger partial charge in [0.1, 0.15) is 23.6 Å². The van der Waals surface area contributed by atoms with Crippen molar-refractivity contribution >= 4 is 75.0 Å². The molecular formula is C66H102N16O13S. The van der Waals surface area contributed by atoms with Gasteiger partial charge in [-0.05, 0) is 119 Å². The molecule has 29 nitrogen and oxygen atoms in total. The molecule has 5 atom stereocenters. The van der Waals surface area contributed by atoms with Gasteiger partial charge in [0.15, 0.2) is 17.1 Å². The molecule has 530 valence electrons. The Bertz CT molecular complexity index is 3060. The minimum absolute atomic E-state index is 0.0988. The lowest BCUT2D eigenvalue weighted by Crippen LogP contribution is -2.55. The van der Waals surface area contributed by atoms with Crippen LogP contribution in [0.1, 0.15) is 107 Å². The molecule has 1 aromatic carbocycles. The van der Waals surface area contributed by atoms with Gasteiger partial charge in [0.2, 0.25) is 23.6 Å². The van der Waals surface area contributed by atoms with E-state index in [-0.39, 0.29) is 94.5 Å². The summed E-state index contributed by atoms with van der Waals surface area (Å²) in [6.45, 7) is 14.7. The van der Waals surface area contributed by atoms with Crippen LogP contribution in [-0.2, 0) is 58.9 Å². The predicted molar refractivity (Wildman–Crippen MR) is 367 cm³/mol. The van der Waals surface area contributed by atoms with Crippen LogP contribution in [-0.4, -0.2) is 209 Å². The summed E-state index contributed by atoms with van der Waals surface area (Å²) in [5.74, 6) is -0.0563. The number of allylic oxidation sites excluding steroid dienone is 1. The Morgan fingerprint density at radius 1 is 0.708 bits per heavy atom. The molecule has 1 saturated carbocycles. The van der Waals surface area contributed by atoms with Crippen molar-refractivity contribution in [3.63, 3.8) is 0 Å². The third kappa shape index (κ3) is 28.4. The van der Waals surface area contributed by atoms with Crippen LogP contribution in [0.5, 0.6) is 0 Å². The minimum atomic E-state index is -1.01. The fourth-order valence-electron chi connectivity index (χ4n) is 11.2. The van der Waals surface area contributed by atoms with Gasteiger partial charge in [0.25, 0.3) is 5.91 Å². The fraction of sp³-hybridized carbons (Fsp3) is 0.621. The molecule has 1 saturated heterocycles. The third-order valence-electron chi connectivity index (χ3n) is 16.4. The SMILES string of the molecule is C=CCC[C@H]1C(COC(=O)N2CCC(C(=O)N[C@@H](CCCN=C(N)N)C(=O)N[C@@H](CCCN=C(N)N)C(=O)NCCOCCOCCOCCOCCOCCOCCC(=O)NCCCn3c(C)nc4cc(C(=O)Nc5nc(-c6ccccn6)cs5)ccc43)CC2)[C@H]1CCCC. The van der Waals surface area contributed by atoms with Crippen LogP contribution >= 0.6 is 11.3 Å². The first-order chi connectivity index (χ1) is 46.6. The van der Waals surface area contributed by atoms with Gasteiger partial charge >= 0.3 is 6.09 Å². The normalized spacial score (nSPS) is 15.9. The van der Waals surface area contributed by atoms with Crippen LogP contribution in [0, 0.1) is 30.6 Å². The standard InChI is InChI=1S/C66H102N16O13S/c1-4-6-13-49-50(14-7-5-2)51(49)44-95-66(88)81-29-20-47(21-30-81)59(84)77-54(17-11-25-75-64(69)70)62(87)78-53(16-10-24-74-63(67)68)61(86)73-27-32-90-34-36-92-38-40-94-42-41-93-39-37-91-35-33-89-31-22-58(83)72-26-12-28-82-46(3)76-55-43-48(18-19-57(55)82)60(85)80-65-79-56(45-96-65)52-15-8-9-23-71-52/h4,8-9,15,18-19,23,43,45,47,49-51,53-54H,1,5-7,10-14,16-17,20-22,24-42,44H2,2-3H3,(H,72,83)(H,73,86)(H,77,84)(H,78,87)(H4,67,68,74)(H4,69,70,75)(H,79,80,85)/t49-,50+,51?,53+,54+/m1/s1. The van der Waals surface area contributed by atoms with Crippen LogP contribution in [0.2, 0.25) is 0 Å². The van der Waals surface area contributed by atoms with Gasteiger partial charge in [-0.3, -0.25) is 44.3 Å². The molecule has 13 N–H and O–H groups in total. The molecular weight excluding hydrogens is 1260 g/mol. The van der Waals surface area contributed by atoms with Crippen molar-refractivity contribution in [2.24, 2.45) is 56.6 Å². The number of hydrogen-bond donors (Lipinski definition) is 9. The molecule has 6 rings (SSSR count). The number of ether oxygens (including phenoxy) is 7. The summed E-state index contributed by atoms with van der Waals surface area (Å²) in [4.78, 5) is 103. The molecule has 2 fully saturated rings. The first-order valence-electron chi connectivity index (χ1n) is 33.6. The number of anilines is 1. The Balaban J connectivity index is 0.749. The van der Waals surface area contributed by atoms with E-state index in [0.717, 1.165) is 49.1 Å². The molecule has 3 aromatic heterocycles. The quantitative estimate of drug-likeness (QED) is 0.0130. The van der Waals surface area contributed by atoms with Crippen molar-refractivity contribution < 1.29 is 61.9 Å². The number of nitrogens with one attached hydrogen (secondary N) is 5. The highest BCUT2D eigenvalue weighted by molar-refractivity contribution is 7.14. The molecule has 0 bridgehead atoms. The number of guanidine groups is 2. The van der Waals surface area contributed by atoms with Crippen molar-refractivity contribution in [2.45, 2.75) is 116 Å². The number of nitrogens with zero attached hydrogens (tertiary/aromatic N) is 7. The van der Waals surface area contributed by atoms with E-state index in [9.17, 15) is 28.8 Å². The third-order valence-corrected chi connectivity index (χ3v) is 17.2. The van der Waals surface area contributed by atoms with Gasteiger partial charge in [-0.1, -0.05) is 31.9 Å². The maximum absolute atomic E-state index is 14.0. The molecule has 30 heteroatoms. The van der Waals surface area contributed by atoms with E-state index in [0.29, 0.717) is 164 Å². The van der Waals surface area contributed by atoms with Crippen molar-refractivity contribution in [1.82, 2.24) is 45.7 Å². The number of carbonyl (C=O) groups excluding carboxylic acids is 6. The molecule has 1 aliphatic heterocycles. The molecule has 1 aliphatic carbocycles. The lowest BCUT2D eigenvalue weighted by Gasteiger charge is -2.31. The minimum Gasteiger partial charge on any atom is -0.449 e. The number of nitrogens with two attached hydrogens (primary N) is 4. The van der Waals surface area contributed by atoms with E-state index in [1.165, 1.54) is 11.3 Å². The van der Waals surface area contributed by atoms with Crippen LogP contribution in [0.15, 0.2) is 70.6 Å². The van der Waals surface area contributed by atoms with Crippen molar-refractivity contribution in [3.05, 3.63) is 72.0 Å². The number of aryl methyl sites for hydroxylation is 2. The van der Waals surface area contributed by atoms with Crippen LogP contribution in [0.4, 0.5) is 9.93 Å². The summed E-state index contributed by atoms with van der Waals surface area (Å²) < 4.78 is 41.4. The second kappa shape index (κ2) is 44.1. The van der Waals surface area contributed by atoms with E-state index in [2.05, 4.69) is 69.6 Å². The number of aliphatic imine (C=N–C) groups is 2. The summed E-state index contributed by atoms with van der Waals surface area (Å²) in [6.07, 6.45) is 11.5. The number of rotatable bonds is 49. The highest BCUT2D eigenvalue weighted by atomic mass is 32.1. The molecule has 96 heavy (non-hydrogen) atoms. The average molecular weight is 1360 g/mol. The number of amides is 6. The highest BCUT2D eigenvalue weighted by Gasteiger charge is 2.49. The smallest absolute Gasteiger partial charge is 0.409 e. The molecule has 1 unspecified atom stereocenters. The number of aromatic nitrogens is 4. The first-order valence-corrected chi connectivity index (χ1v) is 34.4. The Morgan fingerprint density at radius 2 is 1.33 bits per heavy atom. The number of pyridine rings is 1. The molecule has 2 aliphatic rings. The number of imidazole rings is 1. The maximum Gasteiger partial charge on any atom is 0.409 e. The monoisotopic (exact) mass is 1360 g/mol. The lowest BCUT2D eigenvalue weighted by molar-refractivity contribution is -0.134. The molecule has 4 heterocycles. The van der Waals surface area contributed by atoms with Gasteiger partial charge in [0, 0.05) is 75.3 Å². The largest absolute Gasteiger partial charge is 0.449 e. The Morgan fingerprint density at radius 3 is 1.95 bits per heavy atom. The van der Waals surface area contributed by atoms with Gasteiger partial charge in [0.05, 0.1) is 103 Å². The summed E-state index contributed by atoms with van der Waals surface area (Å²) in [5.41, 5.74) is 25.6. The summed E-state index contributed by atoms with van der Waals surface area (Å²) in [6, 6.07) is 9.01. The fourth-order valence-corrected chi connectivity index (χ4v) is 11.9. The molecule has 0 radical (unpaired) electrons. The molecule has 0 spiro atoms. The first kappa shape index (κ1) is 77.1. The average Bonchev–Trinajstić information content (AvgIpc) is 1.64. The number of piperidine rings is 1. The van der Waals surface area contributed by atoms with Gasteiger partial charge in [-0.15, -0.1) is 17.9 Å². The summed E-state index contributed by atoms with van der Waals surface area (Å²) in [5, 5.41) is 16.7. The van der Waals surface area contributed by atoms with E-state index >= 15 is 0 Å². The Hall–Kier alpha value is -7.87. The zero-order valence-electron chi connectivity index (χ0n) is 55.9. The number of unbranched alkanes of at least 4 members (excludes halogenated alkanes) is 1. The second-order valence-electron chi connectivity index (χ2n) is 23.5. The predicted octanol–water partition coefficient (Wildman–Crippen LogP) is 4.17. The van der Waals surface area contributed by atoms with Crippen LogP contribution in [0.3, 0.4) is 0 Å². The zero-order chi connectivity index (χ0) is 68.7. The van der Waals surface area contributed by atoms with Crippen LogP contribution in [0.25, 0.3) is 22.4 Å². The second-order valence-corrected chi connectivity index (χ2v) is 24.4. The van der Waals surface area contributed by atoms with E-state index < -0.39 is 29.8 Å². The molecule has 4 aromatic rings. The lowest BCUT2D eigenvalue weighted by atomic mass is 9.95. The zero-order valence-corrected chi connectivity index (χ0v) is 56.7. The number of hydrogen-bond acceptors (Lipinski definition) is 19. The molecule has 6 amide bonds. The highest BCUT2D eigenvalue weighted by Crippen LogP contribution is 2.52. The summed E-state index contributed by atoms with van der Waals surface area (Å²) in [7, 11) is 0. The summed E-state index contributed by atoms with van der Waals surface area (Å²) >= 11 is 1.33. The van der Waals surface area contributed by atoms with Gasteiger partial charge < -0.3 is 86.8 Å². The Labute approximate surface area is 566 Å². The van der Waals surface area contributed by atoms with Crippen LogP contribution < -0.4 is 49.5 Å². The van der Waals surface area contributed by atoms with Gasteiger partial charge in [-0.2, -0.15) is 0 Å². The van der Waals surface area contributed by atoms with Crippen molar-refractivity contribution in [1.29, 1.82) is 0 Å². The number of likely N-dealkylation sites (tertiary alicyclic amines) is 1. The topological polar surface area (TPSA) is 403 Å². The van der Waals surface area contributed by atoms with Crippen molar-refractivity contribution in [2.75, 3.05) is 130 Å². The number of thiazole rings is 1. The van der Waals surface area contributed by atoms with E-state index in [1.54, 1.807) is 23.2 Å². The van der Waals surface area contributed by atoms with Gasteiger partial charge in [-0.25, -0.2) is 14.8 Å². The number of fused-ring (bicyclic) bond motifs is 1. The number of carbonyl (C=O) groups is 6. The Kier molecular flexibility index (Phi) is 35.4. The van der Waals surface area contributed by atoms with E-state index in [1.807, 2.05) is 42.6 Å². The van der Waals surface area contributed by atoms with Crippen molar-refractivity contribution in [3.8, 4) is 11.4 Å².